The van der Waals surface area contributed by atoms with Crippen molar-refractivity contribution in [3.63, 3.8) is 0 Å². The lowest BCUT2D eigenvalue weighted by Crippen LogP contribution is -2.42. The fraction of sp³-hybridized carbons (Fsp3) is 0.800. The van der Waals surface area contributed by atoms with E-state index >= 15 is 0 Å². The molecule has 0 aromatic heterocycles. The van der Waals surface area contributed by atoms with Crippen LogP contribution in [0.25, 0.3) is 0 Å². The highest BCUT2D eigenvalue weighted by molar-refractivity contribution is 5.85. The number of nitrogens with two attached hydrogens (primary N) is 1. The molecule has 6 heteroatoms. The van der Waals surface area contributed by atoms with Crippen LogP contribution in [0, 0.1) is 0 Å². The number of hydrogen-bond acceptors (Lipinski definition) is 4. The van der Waals surface area contributed by atoms with E-state index < -0.39 is 18.1 Å². The number of carbonyl (C=O) groups is 2. The third-order valence-electron chi connectivity index (χ3n) is 2.73. The average molecular weight is 230 g/mol. The molecule has 1 saturated heterocycles. The molecule has 1 rings (SSSR count). The Morgan fingerprint density at radius 2 is 2.25 bits per heavy atom. The smallest absolute Gasteiger partial charge is 0.326 e. The van der Waals surface area contributed by atoms with E-state index in [9.17, 15) is 14.7 Å². The number of β-amino-alcohol motifs (C(OH)–C–C–N with tert-alkyl or cyclic N) is 1. The van der Waals surface area contributed by atoms with Crippen LogP contribution in [0.3, 0.4) is 0 Å². The van der Waals surface area contributed by atoms with Crippen molar-refractivity contribution in [2.24, 2.45) is 5.73 Å². The maximum absolute atomic E-state index is 11.4. The third kappa shape index (κ3) is 3.18. The van der Waals surface area contributed by atoms with Gasteiger partial charge >= 0.3 is 5.97 Å². The van der Waals surface area contributed by atoms with Gasteiger partial charge in [0, 0.05) is 6.54 Å². The van der Waals surface area contributed by atoms with Gasteiger partial charge in [0.1, 0.15) is 6.04 Å². The molecule has 0 aromatic carbocycles. The summed E-state index contributed by atoms with van der Waals surface area (Å²) in [6, 6.07) is -0.823. The van der Waals surface area contributed by atoms with E-state index in [0.717, 1.165) is 6.42 Å². The lowest BCUT2D eigenvalue weighted by atomic mass is 10.1. The minimum atomic E-state index is -1.01. The van der Waals surface area contributed by atoms with Crippen LogP contribution in [-0.2, 0) is 9.59 Å². The number of carboxylic acid groups (broad SMARTS) is 1. The molecule has 0 aromatic rings. The van der Waals surface area contributed by atoms with Crippen LogP contribution in [0.15, 0.2) is 0 Å². The fourth-order valence-electron chi connectivity index (χ4n) is 1.91. The topological polar surface area (TPSA) is 104 Å². The largest absolute Gasteiger partial charge is 0.480 e. The van der Waals surface area contributed by atoms with Crippen molar-refractivity contribution in [2.45, 2.75) is 37.8 Å². The van der Waals surface area contributed by atoms with Crippen molar-refractivity contribution in [1.82, 2.24) is 4.90 Å². The highest BCUT2D eigenvalue weighted by Crippen LogP contribution is 2.18. The van der Waals surface area contributed by atoms with E-state index in [-0.39, 0.29) is 18.9 Å². The van der Waals surface area contributed by atoms with Gasteiger partial charge in [-0.15, -0.1) is 0 Å². The van der Waals surface area contributed by atoms with E-state index in [1.165, 1.54) is 4.90 Å². The summed E-state index contributed by atoms with van der Waals surface area (Å²) in [5.74, 6) is -1.30. The summed E-state index contributed by atoms with van der Waals surface area (Å²) < 4.78 is 0. The van der Waals surface area contributed by atoms with Gasteiger partial charge in [-0.25, -0.2) is 4.79 Å². The first-order valence-corrected chi connectivity index (χ1v) is 5.46. The Kier molecular flexibility index (Phi) is 4.70. The Balaban J connectivity index is 2.56. The highest BCUT2D eigenvalue weighted by Gasteiger charge is 2.36. The van der Waals surface area contributed by atoms with Crippen LogP contribution in [0.1, 0.15) is 25.7 Å². The molecule has 6 nitrogen and oxygen atoms in total. The fourth-order valence-corrected chi connectivity index (χ4v) is 1.91. The van der Waals surface area contributed by atoms with E-state index in [0.29, 0.717) is 19.4 Å². The number of hydrogen-bond donors (Lipinski definition) is 3. The zero-order valence-electron chi connectivity index (χ0n) is 9.13. The molecule has 1 aliphatic rings. The Hall–Kier alpha value is -1.14. The number of aliphatic hydroxyl groups is 1. The predicted octanol–water partition coefficient (Wildman–Crippen LogP) is -0.838. The summed E-state index contributed by atoms with van der Waals surface area (Å²) in [4.78, 5) is 23.7. The van der Waals surface area contributed by atoms with Gasteiger partial charge in [-0.2, -0.15) is 0 Å². The second kappa shape index (κ2) is 5.81. The Morgan fingerprint density at radius 3 is 2.69 bits per heavy atom. The first-order valence-electron chi connectivity index (χ1n) is 5.46. The SMILES string of the molecule is NCCCCC(C(=O)O)N1CC(O)CC1=O. The molecule has 1 fully saturated rings. The number of carboxylic acids is 1. The maximum atomic E-state index is 11.4. The van der Waals surface area contributed by atoms with E-state index in [4.69, 9.17) is 10.8 Å². The summed E-state index contributed by atoms with van der Waals surface area (Å²) in [6.45, 7) is 0.640. The number of likely N-dealkylation sites (tertiary alicyclic amines) is 1. The lowest BCUT2D eigenvalue weighted by Gasteiger charge is -2.24. The molecule has 16 heavy (non-hydrogen) atoms. The van der Waals surface area contributed by atoms with Crippen molar-refractivity contribution >= 4 is 11.9 Å². The van der Waals surface area contributed by atoms with E-state index in [1.54, 1.807) is 0 Å². The summed E-state index contributed by atoms with van der Waals surface area (Å²) >= 11 is 0. The first-order chi connectivity index (χ1) is 7.56. The van der Waals surface area contributed by atoms with Crippen molar-refractivity contribution in [2.75, 3.05) is 13.1 Å². The summed E-state index contributed by atoms with van der Waals surface area (Å²) in [7, 11) is 0. The van der Waals surface area contributed by atoms with Crippen LogP contribution < -0.4 is 5.73 Å². The van der Waals surface area contributed by atoms with Crippen molar-refractivity contribution in [1.29, 1.82) is 0 Å². The summed E-state index contributed by atoms with van der Waals surface area (Å²) in [6.07, 6.45) is 1.11. The molecule has 2 unspecified atom stereocenters. The quantitative estimate of drug-likeness (QED) is 0.516. The minimum Gasteiger partial charge on any atom is -0.480 e. The molecule has 1 heterocycles. The second-order valence-electron chi connectivity index (χ2n) is 4.04. The van der Waals surface area contributed by atoms with Gasteiger partial charge in [0.15, 0.2) is 0 Å². The number of unbranched alkanes of at least 4 members (excludes halogenated alkanes) is 1. The Bertz CT molecular complexity index is 270. The van der Waals surface area contributed by atoms with Gasteiger partial charge in [-0.3, -0.25) is 4.79 Å². The van der Waals surface area contributed by atoms with Gasteiger partial charge in [-0.1, -0.05) is 0 Å². The van der Waals surface area contributed by atoms with Crippen molar-refractivity contribution in [3.05, 3.63) is 0 Å². The van der Waals surface area contributed by atoms with Gasteiger partial charge in [-0.05, 0) is 25.8 Å². The van der Waals surface area contributed by atoms with Gasteiger partial charge in [0.25, 0.3) is 0 Å². The van der Waals surface area contributed by atoms with E-state index in [2.05, 4.69) is 0 Å². The molecule has 92 valence electrons. The molecular weight excluding hydrogens is 212 g/mol. The number of carbonyl (C=O) groups excluding carboxylic acids is 1. The Labute approximate surface area is 94.0 Å². The van der Waals surface area contributed by atoms with Crippen molar-refractivity contribution in [3.8, 4) is 0 Å². The summed E-state index contributed by atoms with van der Waals surface area (Å²) in [5, 5.41) is 18.3. The summed E-state index contributed by atoms with van der Waals surface area (Å²) in [5.41, 5.74) is 5.33. The molecule has 0 spiro atoms. The van der Waals surface area contributed by atoms with Crippen molar-refractivity contribution < 1.29 is 19.8 Å². The van der Waals surface area contributed by atoms with Crippen LogP contribution >= 0.6 is 0 Å². The molecule has 1 amide bonds. The zero-order valence-corrected chi connectivity index (χ0v) is 9.13. The minimum absolute atomic E-state index is 0.0284. The second-order valence-corrected chi connectivity index (χ2v) is 4.04. The number of nitrogens with zero attached hydrogens (tertiary/aromatic N) is 1. The van der Waals surface area contributed by atoms with Crippen LogP contribution in [0.2, 0.25) is 0 Å². The van der Waals surface area contributed by atoms with Gasteiger partial charge < -0.3 is 20.8 Å². The van der Waals surface area contributed by atoms with Gasteiger partial charge in [0.2, 0.25) is 5.91 Å². The monoisotopic (exact) mass is 230 g/mol. The Morgan fingerprint density at radius 1 is 1.56 bits per heavy atom. The molecular formula is C10H18N2O4. The van der Waals surface area contributed by atoms with Crippen LogP contribution in [0.4, 0.5) is 0 Å². The molecule has 0 saturated carbocycles. The lowest BCUT2D eigenvalue weighted by molar-refractivity contribution is -0.148. The normalized spacial score (nSPS) is 22.5. The number of amides is 1. The first kappa shape index (κ1) is 12.9. The maximum Gasteiger partial charge on any atom is 0.326 e. The molecule has 2 atom stereocenters. The molecule has 0 radical (unpaired) electrons. The van der Waals surface area contributed by atoms with Crippen LogP contribution in [0.5, 0.6) is 0 Å². The molecule has 0 aliphatic carbocycles. The number of rotatable bonds is 6. The molecule has 1 aliphatic heterocycles. The number of aliphatic carboxylic acids is 1. The third-order valence-corrected chi connectivity index (χ3v) is 2.73. The standard InChI is InChI=1S/C10H18N2O4/c11-4-2-1-3-8(10(15)16)12-6-7(13)5-9(12)14/h7-8,13H,1-6,11H2,(H,15,16). The molecule has 0 bridgehead atoms. The van der Waals surface area contributed by atoms with Crippen LogP contribution in [-0.4, -0.2) is 52.2 Å². The molecule has 4 N–H and O–H groups in total. The highest BCUT2D eigenvalue weighted by atomic mass is 16.4. The zero-order chi connectivity index (χ0) is 12.1. The predicted molar refractivity (Wildman–Crippen MR) is 56.7 cm³/mol. The van der Waals surface area contributed by atoms with E-state index in [1.807, 2.05) is 0 Å². The van der Waals surface area contributed by atoms with Gasteiger partial charge in [0.05, 0.1) is 12.5 Å². The number of aliphatic hydroxyl groups excluding tert-OH is 1. The average Bonchev–Trinajstić information content (AvgIpc) is 2.52.